The van der Waals surface area contributed by atoms with Gasteiger partial charge >= 0.3 is 0 Å². The summed E-state index contributed by atoms with van der Waals surface area (Å²) in [6.45, 7) is 1.62. The summed E-state index contributed by atoms with van der Waals surface area (Å²) < 4.78 is 29.4. The first-order chi connectivity index (χ1) is 10.0. The normalized spacial score (nSPS) is 11.9. The lowest BCUT2D eigenvalue weighted by atomic mass is 10.4. The van der Waals surface area contributed by atoms with Gasteiger partial charge in [0.05, 0.1) is 9.98 Å². The Labute approximate surface area is 135 Å². The van der Waals surface area contributed by atoms with Gasteiger partial charge in [0.15, 0.2) is 0 Å². The number of halogens is 1. The Balaban J connectivity index is 1.91. The third-order valence-corrected chi connectivity index (χ3v) is 6.39. The van der Waals surface area contributed by atoms with Gasteiger partial charge in [-0.1, -0.05) is 5.21 Å². The predicted octanol–water partition coefficient (Wildman–Crippen LogP) is 1.19. The molecule has 2 aromatic heterocycles. The Kier molecular flexibility index (Phi) is 5.88. The van der Waals surface area contributed by atoms with E-state index < -0.39 is 10.0 Å². The average Bonchev–Trinajstić information content (AvgIpc) is 3.05. The van der Waals surface area contributed by atoms with E-state index in [1.165, 1.54) is 11.3 Å². The first-order valence-corrected chi connectivity index (χ1v) is 9.39. The minimum absolute atomic E-state index is 0.290. The zero-order valence-electron chi connectivity index (χ0n) is 11.4. The Hall–Kier alpha value is -0.810. The first-order valence-electron chi connectivity index (χ1n) is 6.29. The minimum atomic E-state index is -3.49. The van der Waals surface area contributed by atoms with Crippen molar-refractivity contribution in [1.82, 2.24) is 25.0 Å². The second kappa shape index (κ2) is 7.45. The molecule has 0 radical (unpaired) electrons. The molecule has 7 nitrogen and oxygen atoms in total. The molecule has 0 spiro atoms. The van der Waals surface area contributed by atoms with Crippen molar-refractivity contribution in [2.45, 2.75) is 24.4 Å². The van der Waals surface area contributed by atoms with Crippen LogP contribution < -0.4 is 10.0 Å². The summed E-state index contributed by atoms with van der Waals surface area (Å²) in [6, 6.07) is 1.69. The predicted molar refractivity (Wildman–Crippen MR) is 84.6 cm³/mol. The van der Waals surface area contributed by atoms with Crippen LogP contribution in [0.5, 0.6) is 0 Å². The maximum atomic E-state index is 12.2. The summed E-state index contributed by atoms with van der Waals surface area (Å²) in [6.07, 6.45) is 3.98. The van der Waals surface area contributed by atoms with Crippen LogP contribution in [0.3, 0.4) is 0 Å². The summed E-state index contributed by atoms with van der Waals surface area (Å²) in [5.74, 6) is 0. The fourth-order valence-electron chi connectivity index (χ4n) is 1.72. The molecule has 2 rings (SSSR count). The highest BCUT2D eigenvalue weighted by Gasteiger charge is 2.20. The van der Waals surface area contributed by atoms with Gasteiger partial charge in [0.25, 0.3) is 0 Å². The standard InChI is InChI=1S/C11H16BrN5O2S2/c1-13-8-9-7-10(11(12)20-9)21(18,19)15-3-2-5-17-6-4-14-16-17/h4,6-7,13,15H,2-3,5,8H2,1H3. The Morgan fingerprint density at radius 1 is 1.48 bits per heavy atom. The van der Waals surface area contributed by atoms with Gasteiger partial charge in [0, 0.05) is 30.7 Å². The van der Waals surface area contributed by atoms with E-state index in [1.807, 2.05) is 7.05 Å². The van der Waals surface area contributed by atoms with E-state index in [2.05, 4.69) is 36.3 Å². The number of hydrogen-bond acceptors (Lipinski definition) is 6. The van der Waals surface area contributed by atoms with Crippen LogP contribution >= 0.6 is 27.3 Å². The number of aryl methyl sites for hydroxylation is 1. The highest BCUT2D eigenvalue weighted by molar-refractivity contribution is 9.11. The van der Waals surface area contributed by atoms with Crippen molar-refractivity contribution in [3.8, 4) is 0 Å². The molecule has 0 aliphatic carbocycles. The third kappa shape index (κ3) is 4.58. The van der Waals surface area contributed by atoms with Crippen LogP contribution in [0, 0.1) is 0 Å². The molecule has 0 aliphatic rings. The molecule has 116 valence electrons. The smallest absolute Gasteiger partial charge is 0.242 e. The van der Waals surface area contributed by atoms with Crippen LogP contribution in [0.25, 0.3) is 0 Å². The zero-order chi connectivity index (χ0) is 15.3. The minimum Gasteiger partial charge on any atom is -0.315 e. The van der Waals surface area contributed by atoms with E-state index in [-0.39, 0.29) is 0 Å². The van der Waals surface area contributed by atoms with Crippen molar-refractivity contribution in [3.05, 3.63) is 27.1 Å². The van der Waals surface area contributed by atoms with E-state index >= 15 is 0 Å². The molecule has 2 aromatic rings. The van der Waals surface area contributed by atoms with Crippen molar-refractivity contribution in [3.63, 3.8) is 0 Å². The molecular formula is C11H16BrN5O2S2. The summed E-state index contributed by atoms with van der Waals surface area (Å²) in [4.78, 5) is 1.26. The van der Waals surface area contributed by atoms with Crippen LogP contribution in [0.4, 0.5) is 0 Å². The number of rotatable bonds is 8. The first kappa shape index (κ1) is 16.6. The average molecular weight is 394 g/mol. The Morgan fingerprint density at radius 2 is 2.29 bits per heavy atom. The lowest BCUT2D eigenvalue weighted by molar-refractivity contribution is 0.542. The molecule has 0 aliphatic heterocycles. The molecule has 10 heteroatoms. The van der Waals surface area contributed by atoms with Gasteiger partial charge in [-0.3, -0.25) is 4.68 Å². The molecule has 0 saturated carbocycles. The number of aromatic nitrogens is 3. The van der Waals surface area contributed by atoms with Crippen LogP contribution in [-0.2, 0) is 23.1 Å². The fraction of sp³-hybridized carbons (Fsp3) is 0.455. The summed E-state index contributed by atoms with van der Waals surface area (Å²) in [5.41, 5.74) is 0. The zero-order valence-corrected chi connectivity index (χ0v) is 14.6. The van der Waals surface area contributed by atoms with Gasteiger partial charge < -0.3 is 5.32 Å². The SMILES string of the molecule is CNCc1cc(S(=O)(=O)NCCCn2ccnn2)c(Br)s1. The highest BCUT2D eigenvalue weighted by Crippen LogP contribution is 2.31. The number of nitrogens with one attached hydrogen (secondary N) is 2. The quantitative estimate of drug-likeness (QED) is 0.657. The molecule has 0 unspecified atom stereocenters. The fourth-order valence-corrected chi connectivity index (χ4v) is 5.49. The van der Waals surface area contributed by atoms with Crippen LogP contribution in [-0.4, -0.2) is 37.0 Å². The summed E-state index contributed by atoms with van der Waals surface area (Å²) >= 11 is 4.73. The van der Waals surface area contributed by atoms with Crippen molar-refractivity contribution in [2.24, 2.45) is 0 Å². The lowest BCUT2D eigenvalue weighted by Crippen LogP contribution is -2.25. The molecule has 2 N–H and O–H groups in total. The molecule has 0 saturated heterocycles. The van der Waals surface area contributed by atoms with E-state index in [1.54, 1.807) is 23.1 Å². The van der Waals surface area contributed by atoms with E-state index in [9.17, 15) is 8.42 Å². The monoisotopic (exact) mass is 393 g/mol. The van der Waals surface area contributed by atoms with Gasteiger partial charge in [0.1, 0.15) is 4.90 Å². The number of nitrogens with zero attached hydrogens (tertiary/aromatic N) is 3. The maximum Gasteiger partial charge on any atom is 0.242 e. The van der Waals surface area contributed by atoms with Gasteiger partial charge in [0.2, 0.25) is 10.0 Å². The van der Waals surface area contributed by atoms with Gasteiger partial charge in [-0.25, -0.2) is 13.1 Å². The van der Waals surface area contributed by atoms with Gasteiger partial charge in [-0.2, -0.15) is 0 Å². The molecule has 0 fully saturated rings. The van der Waals surface area contributed by atoms with E-state index in [4.69, 9.17) is 0 Å². The molecule has 0 bridgehead atoms. The van der Waals surface area contributed by atoms with Gasteiger partial charge in [-0.15, -0.1) is 16.4 Å². The lowest BCUT2D eigenvalue weighted by Gasteiger charge is -2.05. The number of hydrogen-bond donors (Lipinski definition) is 2. The summed E-state index contributed by atoms with van der Waals surface area (Å²) in [5, 5.41) is 10.5. The molecular weight excluding hydrogens is 378 g/mol. The molecule has 0 aromatic carbocycles. The highest BCUT2D eigenvalue weighted by atomic mass is 79.9. The third-order valence-electron chi connectivity index (χ3n) is 2.68. The van der Waals surface area contributed by atoms with Crippen LogP contribution in [0.2, 0.25) is 0 Å². The van der Waals surface area contributed by atoms with Crippen LogP contribution in [0.1, 0.15) is 11.3 Å². The molecule has 2 heterocycles. The second-order valence-electron chi connectivity index (χ2n) is 4.30. The largest absolute Gasteiger partial charge is 0.315 e. The van der Waals surface area contributed by atoms with Crippen LogP contribution in [0.15, 0.2) is 27.1 Å². The van der Waals surface area contributed by atoms with Crippen molar-refractivity contribution >= 4 is 37.3 Å². The number of thiophene rings is 1. The summed E-state index contributed by atoms with van der Waals surface area (Å²) in [7, 11) is -1.67. The Bertz CT molecular complexity index is 669. The van der Waals surface area contributed by atoms with Gasteiger partial charge in [-0.05, 0) is 35.5 Å². The molecule has 0 amide bonds. The molecule has 0 atom stereocenters. The van der Waals surface area contributed by atoms with Crippen molar-refractivity contribution in [1.29, 1.82) is 0 Å². The second-order valence-corrected chi connectivity index (χ2v) is 8.49. The number of sulfonamides is 1. The topological polar surface area (TPSA) is 88.9 Å². The van der Waals surface area contributed by atoms with Crippen molar-refractivity contribution < 1.29 is 8.42 Å². The molecule has 21 heavy (non-hydrogen) atoms. The van der Waals surface area contributed by atoms with E-state index in [0.717, 1.165) is 4.88 Å². The van der Waals surface area contributed by atoms with Crippen molar-refractivity contribution in [2.75, 3.05) is 13.6 Å². The Morgan fingerprint density at radius 3 is 2.95 bits per heavy atom. The maximum absolute atomic E-state index is 12.2. The van der Waals surface area contributed by atoms with E-state index in [0.29, 0.717) is 34.7 Å².